The lowest BCUT2D eigenvalue weighted by Crippen LogP contribution is -2.23. The second-order valence-electron chi connectivity index (χ2n) is 4.53. The van der Waals surface area contributed by atoms with Crippen LogP contribution in [0.1, 0.15) is 23.7 Å². The molecule has 7 heteroatoms. The first-order chi connectivity index (χ1) is 9.95. The Morgan fingerprint density at radius 1 is 1.24 bits per heavy atom. The van der Waals surface area contributed by atoms with E-state index in [4.69, 9.17) is 9.84 Å². The Kier molecular flexibility index (Phi) is 7.66. The second kappa shape index (κ2) is 8.99. The predicted molar refractivity (Wildman–Crippen MR) is 71.8 cm³/mol. The van der Waals surface area contributed by atoms with E-state index in [1.807, 2.05) is 0 Å². The summed E-state index contributed by atoms with van der Waals surface area (Å²) < 4.78 is 42.7. The van der Waals surface area contributed by atoms with E-state index in [-0.39, 0.29) is 25.3 Å². The number of hydrogen-bond donors (Lipinski definition) is 3. The Bertz CT molecular complexity index is 413. The zero-order valence-corrected chi connectivity index (χ0v) is 11.6. The monoisotopic (exact) mass is 307 g/mol. The number of hydrogen-bond acceptors (Lipinski definition) is 4. The van der Waals surface area contributed by atoms with Gasteiger partial charge in [-0.05, 0) is 30.7 Å². The van der Waals surface area contributed by atoms with Crippen LogP contribution in [0.2, 0.25) is 0 Å². The SMILES string of the molecule is OCCOCCCNCC(O)c1cccc(C(F)(F)F)c1. The van der Waals surface area contributed by atoms with Crippen LogP contribution >= 0.6 is 0 Å². The Morgan fingerprint density at radius 2 is 2.00 bits per heavy atom. The third kappa shape index (κ3) is 6.90. The third-order valence-electron chi connectivity index (χ3n) is 2.81. The minimum absolute atomic E-state index is 0.0261. The number of ether oxygens (including phenoxy) is 1. The lowest BCUT2D eigenvalue weighted by molar-refractivity contribution is -0.137. The average Bonchev–Trinajstić information content (AvgIpc) is 2.45. The van der Waals surface area contributed by atoms with Crippen LogP contribution in [-0.2, 0) is 10.9 Å². The molecule has 0 spiro atoms. The van der Waals surface area contributed by atoms with E-state index in [1.165, 1.54) is 12.1 Å². The molecule has 0 aromatic heterocycles. The van der Waals surface area contributed by atoms with Crippen molar-refractivity contribution in [3.05, 3.63) is 35.4 Å². The van der Waals surface area contributed by atoms with Gasteiger partial charge < -0.3 is 20.3 Å². The van der Waals surface area contributed by atoms with Gasteiger partial charge in [0.15, 0.2) is 0 Å². The van der Waals surface area contributed by atoms with E-state index < -0.39 is 17.8 Å². The molecular formula is C14H20F3NO3. The van der Waals surface area contributed by atoms with Gasteiger partial charge in [-0.15, -0.1) is 0 Å². The topological polar surface area (TPSA) is 61.7 Å². The largest absolute Gasteiger partial charge is 0.416 e. The zero-order valence-electron chi connectivity index (χ0n) is 11.6. The molecule has 0 fully saturated rings. The van der Waals surface area contributed by atoms with Crippen molar-refractivity contribution in [2.75, 3.05) is 32.9 Å². The molecule has 1 atom stereocenters. The quantitative estimate of drug-likeness (QED) is 0.608. The number of nitrogens with one attached hydrogen (secondary N) is 1. The highest BCUT2D eigenvalue weighted by atomic mass is 19.4. The van der Waals surface area contributed by atoms with Crippen LogP contribution in [-0.4, -0.2) is 43.1 Å². The molecule has 120 valence electrons. The van der Waals surface area contributed by atoms with Gasteiger partial charge in [-0.1, -0.05) is 12.1 Å². The Labute approximate surface area is 121 Å². The van der Waals surface area contributed by atoms with Gasteiger partial charge in [-0.25, -0.2) is 0 Å². The summed E-state index contributed by atoms with van der Waals surface area (Å²) in [5, 5.41) is 21.3. The van der Waals surface area contributed by atoms with Crippen molar-refractivity contribution in [3.63, 3.8) is 0 Å². The molecule has 1 unspecified atom stereocenters. The van der Waals surface area contributed by atoms with Crippen molar-refractivity contribution >= 4 is 0 Å². The van der Waals surface area contributed by atoms with Gasteiger partial charge in [-0.2, -0.15) is 13.2 Å². The van der Waals surface area contributed by atoms with Crippen LogP contribution in [0.15, 0.2) is 24.3 Å². The Morgan fingerprint density at radius 3 is 2.67 bits per heavy atom. The minimum Gasteiger partial charge on any atom is -0.394 e. The van der Waals surface area contributed by atoms with Gasteiger partial charge in [0, 0.05) is 13.2 Å². The zero-order chi connectivity index (χ0) is 15.7. The summed E-state index contributed by atoms with van der Waals surface area (Å²) in [4.78, 5) is 0. The number of halogens is 3. The molecule has 1 aromatic rings. The first kappa shape index (κ1) is 17.9. The summed E-state index contributed by atoms with van der Waals surface area (Å²) in [5.41, 5.74) is -0.537. The van der Waals surface area contributed by atoms with E-state index in [0.717, 1.165) is 12.1 Å². The molecule has 21 heavy (non-hydrogen) atoms. The van der Waals surface area contributed by atoms with Gasteiger partial charge in [0.25, 0.3) is 0 Å². The smallest absolute Gasteiger partial charge is 0.394 e. The van der Waals surface area contributed by atoms with Crippen molar-refractivity contribution in [2.45, 2.75) is 18.7 Å². The molecule has 1 rings (SSSR count). The van der Waals surface area contributed by atoms with Gasteiger partial charge in [0.1, 0.15) is 0 Å². The van der Waals surface area contributed by atoms with Crippen LogP contribution in [0.3, 0.4) is 0 Å². The molecule has 0 aliphatic rings. The number of aliphatic hydroxyl groups is 2. The van der Waals surface area contributed by atoms with Crippen molar-refractivity contribution in [1.82, 2.24) is 5.32 Å². The number of alkyl halides is 3. The highest BCUT2D eigenvalue weighted by Crippen LogP contribution is 2.30. The molecule has 0 bridgehead atoms. The van der Waals surface area contributed by atoms with Crippen molar-refractivity contribution < 1.29 is 28.1 Å². The molecule has 0 aliphatic carbocycles. The lowest BCUT2D eigenvalue weighted by Gasteiger charge is -2.14. The van der Waals surface area contributed by atoms with Crippen LogP contribution in [0, 0.1) is 0 Å². The number of rotatable bonds is 9. The molecule has 3 N–H and O–H groups in total. The maximum Gasteiger partial charge on any atom is 0.416 e. The van der Waals surface area contributed by atoms with Gasteiger partial charge in [0.2, 0.25) is 0 Å². The summed E-state index contributed by atoms with van der Waals surface area (Å²) in [6.45, 7) is 1.48. The van der Waals surface area contributed by atoms with Gasteiger partial charge >= 0.3 is 6.18 Å². The molecule has 0 aliphatic heterocycles. The normalized spacial score (nSPS) is 13.4. The van der Waals surface area contributed by atoms with Crippen LogP contribution < -0.4 is 5.32 Å². The van der Waals surface area contributed by atoms with Crippen molar-refractivity contribution in [3.8, 4) is 0 Å². The van der Waals surface area contributed by atoms with E-state index >= 15 is 0 Å². The molecule has 4 nitrogen and oxygen atoms in total. The predicted octanol–water partition coefficient (Wildman–Crippen LogP) is 1.73. The summed E-state index contributed by atoms with van der Waals surface area (Å²) in [5.74, 6) is 0. The first-order valence-corrected chi connectivity index (χ1v) is 6.69. The van der Waals surface area contributed by atoms with E-state index in [0.29, 0.717) is 19.6 Å². The Hall–Kier alpha value is -1.15. The van der Waals surface area contributed by atoms with Crippen LogP contribution in [0.25, 0.3) is 0 Å². The Balaban J connectivity index is 2.34. The number of aliphatic hydroxyl groups excluding tert-OH is 2. The maximum atomic E-state index is 12.6. The molecule has 0 radical (unpaired) electrons. The second-order valence-corrected chi connectivity index (χ2v) is 4.53. The summed E-state index contributed by atoms with van der Waals surface area (Å²) in [7, 11) is 0. The third-order valence-corrected chi connectivity index (χ3v) is 2.81. The average molecular weight is 307 g/mol. The molecule has 1 aromatic carbocycles. The molecule has 0 saturated carbocycles. The summed E-state index contributed by atoms with van der Waals surface area (Å²) in [6, 6.07) is 4.68. The van der Waals surface area contributed by atoms with E-state index in [9.17, 15) is 18.3 Å². The molecule has 0 saturated heterocycles. The van der Waals surface area contributed by atoms with Crippen molar-refractivity contribution in [2.24, 2.45) is 0 Å². The van der Waals surface area contributed by atoms with Gasteiger partial charge in [0.05, 0.1) is 24.9 Å². The van der Waals surface area contributed by atoms with E-state index in [1.54, 1.807) is 0 Å². The fourth-order valence-corrected chi connectivity index (χ4v) is 1.74. The minimum atomic E-state index is -4.41. The highest BCUT2D eigenvalue weighted by Gasteiger charge is 2.30. The van der Waals surface area contributed by atoms with E-state index in [2.05, 4.69) is 5.32 Å². The van der Waals surface area contributed by atoms with Crippen molar-refractivity contribution in [1.29, 1.82) is 0 Å². The first-order valence-electron chi connectivity index (χ1n) is 6.69. The highest BCUT2D eigenvalue weighted by molar-refractivity contribution is 5.27. The van der Waals surface area contributed by atoms with Crippen LogP contribution in [0.5, 0.6) is 0 Å². The molecule has 0 heterocycles. The van der Waals surface area contributed by atoms with Gasteiger partial charge in [-0.3, -0.25) is 0 Å². The number of benzene rings is 1. The summed E-state index contributed by atoms with van der Waals surface area (Å²) in [6.07, 6.45) is -4.71. The standard InChI is InChI=1S/C14H20F3NO3/c15-14(16,17)12-4-1-3-11(9-12)13(20)10-18-5-2-7-21-8-6-19/h1,3-4,9,13,18-20H,2,5-8,10H2. The maximum absolute atomic E-state index is 12.6. The fraction of sp³-hybridized carbons (Fsp3) is 0.571. The molecule has 0 amide bonds. The summed E-state index contributed by atoms with van der Waals surface area (Å²) >= 11 is 0. The molecular weight excluding hydrogens is 287 g/mol. The van der Waals surface area contributed by atoms with Crippen LogP contribution in [0.4, 0.5) is 13.2 Å². The fourth-order valence-electron chi connectivity index (χ4n) is 1.74. The lowest BCUT2D eigenvalue weighted by atomic mass is 10.1.